The number of nitrogens with zero attached hydrogens (tertiary/aromatic N) is 1. The zero-order valence-corrected chi connectivity index (χ0v) is 11.0. The number of hydrogen-bond acceptors (Lipinski definition) is 3. The van der Waals surface area contributed by atoms with Gasteiger partial charge < -0.3 is 4.98 Å². The van der Waals surface area contributed by atoms with E-state index in [4.69, 9.17) is 17.5 Å². The summed E-state index contributed by atoms with van der Waals surface area (Å²) in [5.74, 6) is 0. The van der Waals surface area contributed by atoms with Gasteiger partial charge in [0.2, 0.25) is 0 Å². The van der Waals surface area contributed by atoms with Gasteiger partial charge in [-0.15, -0.1) is 11.3 Å². The summed E-state index contributed by atoms with van der Waals surface area (Å²) in [6.07, 6.45) is -2.64. The van der Waals surface area contributed by atoms with E-state index in [9.17, 15) is 8.78 Å². The van der Waals surface area contributed by atoms with Gasteiger partial charge in [0.1, 0.15) is 10.7 Å². The molecule has 2 nitrogen and oxygen atoms in total. The number of aromatic nitrogens is 1. The van der Waals surface area contributed by atoms with Crippen molar-refractivity contribution in [2.45, 2.75) is 13.3 Å². The Kier molecular flexibility index (Phi) is 3.55. The predicted molar refractivity (Wildman–Crippen MR) is 69.3 cm³/mol. The van der Waals surface area contributed by atoms with Crippen molar-refractivity contribution in [3.8, 4) is 16.5 Å². The number of nitriles is 1. The molecule has 0 amide bonds. The van der Waals surface area contributed by atoms with Crippen molar-refractivity contribution in [1.29, 1.82) is 5.26 Å². The van der Waals surface area contributed by atoms with Crippen LogP contribution in [-0.2, 0) is 0 Å². The van der Waals surface area contributed by atoms with E-state index in [2.05, 4.69) is 4.98 Å². The fourth-order valence-electron chi connectivity index (χ4n) is 1.58. The van der Waals surface area contributed by atoms with Crippen molar-refractivity contribution in [2.75, 3.05) is 0 Å². The molecule has 2 aromatic heterocycles. The number of nitrogens with one attached hydrogen (secondary N) is 1. The minimum Gasteiger partial charge on any atom is -0.344 e. The lowest BCUT2D eigenvalue weighted by atomic mass is 10.1. The highest BCUT2D eigenvalue weighted by molar-refractivity contribution is 7.71. The van der Waals surface area contributed by atoms with Gasteiger partial charge in [-0.25, -0.2) is 8.78 Å². The molecular weight excluding hydrogens is 274 g/mol. The highest BCUT2D eigenvalue weighted by Gasteiger charge is 2.15. The molecule has 2 heterocycles. The van der Waals surface area contributed by atoms with E-state index >= 15 is 0 Å². The summed E-state index contributed by atoms with van der Waals surface area (Å²) in [5.41, 5.74) is 0.436. The SMILES string of the molecule is Cc1ccc(-c2cc(C(F)F)[nH]c(=S)c2C#N)s1. The minimum absolute atomic E-state index is 0.0522. The van der Waals surface area contributed by atoms with E-state index in [0.29, 0.717) is 5.56 Å². The number of aryl methyl sites for hydroxylation is 1. The fourth-order valence-corrected chi connectivity index (χ4v) is 2.75. The van der Waals surface area contributed by atoms with Gasteiger partial charge in [0.25, 0.3) is 6.43 Å². The highest BCUT2D eigenvalue weighted by atomic mass is 32.1. The second-order valence-electron chi connectivity index (χ2n) is 3.67. The topological polar surface area (TPSA) is 39.6 Å². The summed E-state index contributed by atoms with van der Waals surface area (Å²) in [6, 6.07) is 6.94. The number of H-pyrrole nitrogens is 1. The maximum atomic E-state index is 12.7. The van der Waals surface area contributed by atoms with E-state index in [0.717, 1.165) is 9.75 Å². The number of rotatable bonds is 2. The molecule has 0 aliphatic carbocycles. The Hall–Kier alpha value is -1.58. The smallest absolute Gasteiger partial charge is 0.278 e. The minimum atomic E-state index is -2.64. The molecule has 0 aromatic carbocycles. The van der Waals surface area contributed by atoms with E-state index < -0.39 is 6.43 Å². The van der Waals surface area contributed by atoms with Crippen molar-refractivity contribution in [1.82, 2.24) is 4.98 Å². The number of aromatic amines is 1. The molecule has 18 heavy (non-hydrogen) atoms. The van der Waals surface area contributed by atoms with E-state index in [1.165, 1.54) is 17.4 Å². The van der Waals surface area contributed by atoms with Gasteiger partial charge in [0, 0.05) is 15.3 Å². The first kappa shape index (κ1) is 12.9. The van der Waals surface area contributed by atoms with Crippen molar-refractivity contribution in [2.24, 2.45) is 0 Å². The Labute approximate surface area is 112 Å². The van der Waals surface area contributed by atoms with Gasteiger partial charge in [-0.3, -0.25) is 0 Å². The van der Waals surface area contributed by atoms with Crippen LogP contribution >= 0.6 is 23.6 Å². The van der Waals surface area contributed by atoms with Crippen molar-refractivity contribution in [3.05, 3.63) is 39.0 Å². The van der Waals surface area contributed by atoms with Crippen LogP contribution in [0.4, 0.5) is 8.78 Å². The summed E-state index contributed by atoms with van der Waals surface area (Å²) in [4.78, 5) is 4.21. The molecule has 0 spiro atoms. The predicted octanol–water partition coefficient (Wildman–Crippen LogP) is 4.59. The second-order valence-corrected chi connectivity index (χ2v) is 5.36. The van der Waals surface area contributed by atoms with Gasteiger partial charge in [0.05, 0.1) is 11.3 Å². The third-order valence-corrected chi connectivity index (χ3v) is 3.75. The van der Waals surface area contributed by atoms with E-state index in [1.807, 2.05) is 19.1 Å². The summed E-state index contributed by atoms with van der Waals surface area (Å²) in [6.45, 7) is 1.91. The molecule has 0 atom stereocenters. The number of thiophene rings is 1. The largest absolute Gasteiger partial charge is 0.344 e. The monoisotopic (exact) mass is 282 g/mol. The van der Waals surface area contributed by atoms with Crippen molar-refractivity contribution < 1.29 is 8.78 Å². The molecule has 92 valence electrons. The summed E-state index contributed by atoms with van der Waals surface area (Å²) in [7, 11) is 0. The average molecular weight is 282 g/mol. The zero-order chi connectivity index (χ0) is 13.3. The molecule has 0 saturated heterocycles. The normalized spacial score (nSPS) is 10.6. The standard InChI is InChI=1S/C12H8F2N2S2/c1-6-2-3-10(18-6)7-4-9(11(13)14)16-12(17)8(7)5-15/h2-4,11H,1H3,(H,16,17). The molecule has 0 aliphatic heterocycles. The molecule has 1 N–H and O–H groups in total. The number of hydrogen-bond donors (Lipinski definition) is 1. The van der Waals surface area contributed by atoms with Crippen LogP contribution in [0.3, 0.4) is 0 Å². The van der Waals surface area contributed by atoms with Crippen LogP contribution in [-0.4, -0.2) is 4.98 Å². The molecule has 2 rings (SSSR count). The van der Waals surface area contributed by atoms with Crippen LogP contribution < -0.4 is 0 Å². The maximum Gasteiger partial charge on any atom is 0.278 e. The van der Waals surface area contributed by atoms with Crippen LogP contribution in [0.25, 0.3) is 10.4 Å². The van der Waals surface area contributed by atoms with Gasteiger partial charge in [-0.2, -0.15) is 5.26 Å². The molecule has 0 bridgehead atoms. The van der Waals surface area contributed by atoms with Crippen LogP contribution in [0, 0.1) is 22.9 Å². The molecule has 0 fully saturated rings. The van der Waals surface area contributed by atoms with E-state index in [1.54, 1.807) is 6.07 Å². The molecule has 0 aliphatic rings. The summed E-state index contributed by atoms with van der Waals surface area (Å²) >= 11 is 6.39. The molecule has 2 aromatic rings. The summed E-state index contributed by atoms with van der Waals surface area (Å²) in [5, 5.41) is 9.08. The highest BCUT2D eigenvalue weighted by Crippen LogP contribution is 2.32. The fraction of sp³-hybridized carbons (Fsp3) is 0.167. The lowest BCUT2D eigenvalue weighted by Crippen LogP contribution is -1.95. The van der Waals surface area contributed by atoms with Crippen LogP contribution in [0.1, 0.15) is 22.6 Å². The zero-order valence-electron chi connectivity index (χ0n) is 9.33. The Morgan fingerprint density at radius 1 is 1.44 bits per heavy atom. The van der Waals surface area contributed by atoms with Crippen LogP contribution in [0.2, 0.25) is 0 Å². The van der Waals surface area contributed by atoms with E-state index in [-0.39, 0.29) is 15.9 Å². The number of pyridine rings is 1. The van der Waals surface area contributed by atoms with Gasteiger partial charge >= 0.3 is 0 Å². The lowest BCUT2D eigenvalue weighted by molar-refractivity contribution is 0.146. The van der Waals surface area contributed by atoms with Crippen molar-refractivity contribution in [3.63, 3.8) is 0 Å². The molecular formula is C12H8F2N2S2. The first-order valence-corrected chi connectivity index (χ1v) is 6.27. The molecule has 6 heteroatoms. The lowest BCUT2D eigenvalue weighted by Gasteiger charge is -2.06. The van der Waals surface area contributed by atoms with Crippen LogP contribution in [0.15, 0.2) is 18.2 Å². The quantitative estimate of drug-likeness (QED) is 0.818. The number of halogens is 2. The average Bonchev–Trinajstić information content (AvgIpc) is 2.74. The number of alkyl halides is 2. The first-order valence-electron chi connectivity index (χ1n) is 5.05. The second kappa shape index (κ2) is 4.96. The maximum absolute atomic E-state index is 12.7. The summed E-state index contributed by atoms with van der Waals surface area (Å²) < 4.78 is 25.5. The van der Waals surface area contributed by atoms with Crippen LogP contribution in [0.5, 0.6) is 0 Å². The van der Waals surface area contributed by atoms with Crippen molar-refractivity contribution >= 4 is 23.6 Å². The molecule has 0 saturated carbocycles. The molecule has 0 radical (unpaired) electrons. The third kappa shape index (κ3) is 2.33. The van der Waals surface area contributed by atoms with Gasteiger partial charge in [-0.05, 0) is 25.1 Å². The molecule has 0 unspecified atom stereocenters. The Morgan fingerprint density at radius 3 is 2.67 bits per heavy atom. The first-order chi connectivity index (χ1) is 8.52. The van der Waals surface area contributed by atoms with Gasteiger partial charge in [-0.1, -0.05) is 12.2 Å². The Bertz CT molecular complexity index is 680. The Morgan fingerprint density at radius 2 is 2.17 bits per heavy atom. The Balaban J connectivity index is 2.72. The third-order valence-electron chi connectivity index (χ3n) is 2.41. The van der Waals surface area contributed by atoms with Gasteiger partial charge in [0.15, 0.2) is 0 Å².